The molecule has 0 bridgehead atoms. The molecular formula is C31H37F3N4O5S. The monoisotopic (exact) mass is 634 g/mol. The number of halogens is 3. The van der Waals surface area contributed by atoms with Crippen molar-refractivity contribution in [2.24, 2.45) is 0 Å². The molecule has 4 rings (SSSR count). The molecule has 0 unspecified atom stereocenters. The lowest BCUT2D eigenvalue weighted by molar-refractivity contribution is -0.137. The van der Waals surface area contributed by atoms with Crippen LogP contribution in [0.2, 0.25) is 0 Å². The van der Waals surface area contributed by atoms with Crippen LogP contribution in [0, 0.1) is 0 Å². The van der Waals surface area contributed by atoms with E-state index in [1.807, 2.05) is 18.4 Å². The number of hydrogen-bond donors (Lipinski definition) is 3. The highest BCUT2D eigenvalue weighted by atomic mass is 32.2. The molecule has 2 aromatic carbocycles. The zero-order valence-corrected chi connectivity index (χ0v) is 25.9. The van der Waals surface area contributed by atoms with Crippen LogP contribution in [0.4, 0.5) is 23.7 Å². The molecule has 1 heterocycles. The third-order valence-corrected chi connectivity index (χ3v) is 8.31. The standard InChI is InChI=1S/C31H37F3N4O5S/c1-30(2,3)43-29(42)37-22-14-11-19(31(32,33)34)17-21(22)27(40)36-24-15-16-38(28(24)41)25-8-6-5-7-23(25)35-26(39)18-9-12-20(44-4)13-10-18/h9-14,17,23-25H,5-8,15-16H2,1-4H3,(H,35,39)(H,36,40)(H,37,42)/t23-,24+,25+/m1/s1. The molecular weight excluding hydrogens is 597 g/mol. The summed E-state index contributed by atoms with van der Waals surface area (Å²) in [5.41, 5.74) is -2.09. The van der Waals surface area contributed by atoms with E-state index < -0.39 is 40.9 Å². The number of nitrogens with zero attached hydrogens (tertiary/aromatic N) is 1. The molecule has 0 spiro atoms. The number of hydrogen-bond acceptors (Lipinski definition) is 6. The molecule has 1 aliphatic heterocycles. The van der Waals surface area contributed by atoms with Crippen molar-refractivity contribution in [3.63, 3.8) is 0 Å². The molecule has 2 fully saturated rings. The van der Waals surface area contributed by atoms with Gasteiger partial charge in [-0.1, -0.05) is 12.8 Å². The highest BCUT2D eigenvalue weighted by molar-refractivity contribution is 7.98. The van der Waals surface area contributed by atoms with Crippen LogP contribution in [0.25, 0.3) is 0 Å². The molecule has 44 heavy (non-hydrogen) atoms. The lowest BCUT2D eigenvalue weighted by Gasteiger charge is -2.38. The summed E-state index contributed by atoms with van der Waals surface area (Å²) in [5, 5.41) is 7.99. The van der Waals surface area contributed by atoms with Gasteiger partial charge in [-0.2, -0.15) is 13.2 Å². The molecule has 3 atom stereocenters. The largest absolute Gasteiger partial charge is 0.444 e. The van der Waals surface area contributed by atoms with Gasteiger partial charge in [-0.15, -0.1) is 11.8 Å². The predicted molar refractivity (Wildman–Crippen MR) is 161 cm³/mol. The molecule has 0 aromatic heterocycles. The van der Waals surface area contributed by atoms with Gasteiger partial charge in [-0.05, 0) is 88.8 Å². The summed E-state index contributed by atoms with van der Waals surface area (Å²) < 4.78 is 45.7. The van der Waals surface area contributed by atoms with Crippen molar-refractivity contribution in [1.29, 1.82) is 0 Å². The van der Waals surface area contributed by atoms with Gasteiger partial charge in [-0.25, -0.2) is 4.79 Å². The fraction of sp³-hybridized carbons (Fsp3) is 0.484. The van der Waals surface area contributed by atoms with Crippen molar-refractivity contribution in [1.82, 2.24) is 15.5 Å². The number of nitrogens with one attached hydrogen (secondary N) is 3. The van der Waals surface area contributed by atoms with E-state index in [0.717, 1.165) is 29.9 Å². The van der Waals surface area contributed by atoms with Crippen LogP contribution in [-0.2, 0) is 15.7 Å². The van der Waals surface area contributed by atoms with Gasteiger partial charge in [0, 0.05) is 23.0 Å². The Kier molecular flexibility index (Phi) is 10.2. The summed E-state index contributed by atoms with van der Waals surface area (Å²) in [6.07, 6.45) is -0.390. The summed E-state index contributed by atoms with van der Waals surface area (Å²) in [6.45, 7) is 5.18. The van der Waals surface area contributed by atoms with Gasteiger partial charge in [0.2, 0.25) is 5.91 Å². The van der Waals surface area contributed by atoms with E-state index in [0.29, 0.717) is 31.0 Å². The molecule has 9 nitrogen and oxygen atoms in total. The number of thioether (sulfide) groups is 1. The number of rotatable bonds is 7. The van der Waals surface area contributed by atoms with Crippen LogP contribution < -0.4 is 16.0 Å². The van der Waals surface area contributed by atoms with Crippen molar-refractivity contribution in [3.05, 3.63) is 59.2 Å². The Balaban J connectivity index is 1.47. The minimum Gasteiger partial charge on any atom is -0.444 e. The molecule has 4 amide bonds. The van der Waals surface area contributed by atoms with E-state index in [9.17, 15) is 32.3 Å². The molecule has 2 aliphatic rings. The minimum atomic E-state index is -4.74. The van der Waals surface area contributed by atoms with E-state index in [4.69, 9.17) is 4.74 Å². The molecule has 238 valence electrons. The third kappa shape index (κ3) is 8.25. The van der Waals surface area contributed by atoms with E-state index >= 15 is 0 Å². The summed E-state index contributed by atoms with van der Waals surface area (Å²) in [5.74, 6) is -1.55. The van der Waals surface area contributed by atoms with Crippen molar-refractivity contribution < 1.29 is 37.1 Å². The lowest BCUT2D eigenvalue weighted by atomic mass is 9.89. The van der Waals surface area contributed by atoms with E-state index in [2.05, 4.69) is 16.0 Å². The van der Waals surface area contributed by atoms with Crippen molar-refractivity contribution in [2.75, 3.05) is 18.1 Å². The Morgan fingerprint density at radius 2 is 1.61 bits per heavy atom. The summed E-state index contributed by atoms with van der Waals surface area (Å²) in [6, 6.07) is 8.06. The number of ether oxygens (including phenoxy) is 1. The Labute approximate surface area is 258 Å². The summed E-state index contributed by atoms with van der Waals surface area (Å²) in [4.78, 5) is 54.9. The number of benzene rings is 2. The number of carbonyl (C=O) groups excluding carboxylic acids is 4. The first kappa shape index (κ1) is 33.2. The number of anilines is 1. The highest BCUT2D eigenvalue weighted by Gasteiger charge is 2.41. The first-order valence-electron chi connectivity index (χ1n) is 14.4. The van der Waals surface area contributed by atoms with Crippen LogP contribution in [0.1, 0.15) is 79.2 Å². The van der Waals surface area contributed by atoms with Crippen LogP contribution in [-0.4, -0.2) is 65.2 Å². The van der Waals surface area contributed by atoms with E-state index in [1.54, 1.807) is 49.6 Å². The number of carbonyl (C=O) groups is 4. The van der Waals surface area contributed by atoms with Gasteiger partial charge in [0.15, 0.2) is 0 Å². The van der Waals surface area contributed by atoms with Crippen LogP contribution in [0.5, 0.6) is 0 Å². The second-order valence-corrected chi connectivity index (χ2v) is 12.8. The van der Waals surface area contributed by atoms with Gasteiger partial charge < -0.3 is 20.3 Å². The maximum Gasteiger partial charge on any atom is 0.416 e. The van der Waals surface area contributed by atoms with E-state index in [-0.39, 0.29) is 36.0 Å². The second kappa shape index (κ2) is 13.5. The minimum absolute atomic E-state index is 0.187. The van der Waals surface area contributed by atoms with Crippen molar-refractivity contribution in [2.45, 2.75) is 87.7 Å². The Hall–Kier alpha value is -3.74. The molecule has 1 aliphatic carbocycles. The molecule has 1 saturated carbocycles. The second-order valence-electron chi connectivity index (χ2n) is 11.9. The van der Waals surface area contributed by atoms with Gasteiger partial charge >= 0.3 is 12.3 Å². The molecule has 13 heteroatoms. The molecule has 2 aromatic rings. The first-order valence-corrected chi connectivity index (χ1v) is 15.7. The fourth-order valence-electron chi connectivity index (χ4n) is 5.48. The summed E-state index contributed by atoms with van der Waals surface area (Å²) in [7, 11) is 0. The maximum absolute atomic E-state index is 13.5. The van der Waals surface area contributed by atoms with Gasteiger partial charge in [0.1, 0.15) is 11.6 Å². The SMILES string of the molecule is CSc1ccc(C(=O)N[C@@H]2CCCC[C@@H]2N2CC[C@H](NC(=O)c3cc(C(F)(F)F)ccc3NC(=O)OC(C)(C)C)C2=O)cc1. The van der Waals surface area contributed by atoms with Crippen LogP contribution in [0.15, 0.2) is 47.4 Å². The van der Waals surface area contributed by atoms with Crippen molar-refractivity contribution in [3.8, 4) is 0 Å². The summed E-state index contributed by atoms with van der Waals surface area (Å²) >= 11 is 1.57. The van der Waals surface area contributed by atoms with Crippen LogP contribution >= 0.6 is 11.8 Å². The zero-order valence-electron chi connectivity index (χ0n) is 25.0. The van der Waals surface area contributed by atoms with Gasteiger partial charge in [-0.3, -0.25) is 19.7 Å². The van der Waals surface area contributed by atoms with Crippen molar-refractivity contribution >= 4 is 41.3 Å². The number of likely N-dealkylation sites (tertiary alicyclic amines) is 1. The molecule has 3 N–H and O–H groups in total. The Bertz CT molecular complexity index is 1390. The van der Waals surface area contributed by atoms with Gasteiger partial charge in [0.05, 0.1) is 22.9 Å². The number of alkyl halides is 3. The average Bonchev–Trinajstić information content (AvgIpc) is 3.31. The predicted octanol–water partition coefficient (Wildman–Crippen LogP) is 5.85. The fourth-order valence-corrected chi connectivity index (χ4v) is 5.89. The molecule has 1 saturated heterocycles. The zero-order chi connectivity index (χ0) is 32.2. The smallest absolute Gasteiger partial charge is 0.416 e. The normalized spacial score (nSPS) is 20.7. The van der Waals surface area contributed by atoms with Gasteiger partial charge in [0.25, 0.3) is 11.8 Å². The third-order valence-electron chi connectivity index (χ3n) is 7.57. The van der Waals surface area contributed by atoms with Crippen LogP contribution in [0.3, 0.4) is 0 Å². The Morgan fingerprint density at radius 1 is 0.932 bits per heavy atom. The topological polar surface area (TPSA) is 117 Å². The molecule has 0 radical (unpaired) electrons. The first-order chi connectivity index (χ1) is 20.7. The highest BCUT2D eigenvalue weighted by Crippen LogP contribution is 2.33. The maximum atomic E-state index is 13.5. The van der Waals surface area contributed by atoms with E-state index in [1.165, 1.54) is 0 Å². The lowest BCUT2D eigenvalue weighted by Crippen LogP contribution is -2.55. The average molecular weight is 635 g/mol. The number of amides is 4. The quantitative estimate of drug-likeness (QED) is 0.330. The Morgan fingerprint density at radius 3 is 2.25 bits per heavy atom.